The van der Waals surface area contributed by atoms with Crippen molar-refractivity contribution in [2.24, 2.45) is 0 Å². The number of carbonyl (C=O) groups is 3. The van der Waals surface area contributed by atoms with E-state index in [-0.39, 0.29) is 24.1 Å². The maximum absolute atomic E-state index is 13.8. The number of rotatable bonds is 3. The molecular weight excluding hydrogens is 536 g/mol. The van der Waals surface area contributed by atoms with Crippen LogP contribution in [0.25, 0.3) is 0 Å². The van der Waals surface area contributed by atoms with Crippen LogP contribution in [0.2, 0.25) is 0 Å². The van der Waals surface area contributed by atoms with E-state index in [2.05, 4.69) is 20.6 Å². The van der Waals surface area contributed by atoms with E-state index in [9.17, 15) is 14.4 Å². The molecule has 5 heterocycles. The number of nitrogens with one attached hydrogen (secondary N) is 2. The molecule has 0 bridgehead atoms. The van der Waals surface area contributed by atoms with Crippen LogP contribution < -0.4 is 5.32 Å². The van der Waals surface area contributed by atoms with Crippen LogP contribution in [0.15, 0.2) is 30.3 Å². The number of H-pyrrole nitrogens is 1. The molecule has 3 amide bonds. The van der Waals surface area contributed by atoms with E-state index in [1.54, 1.807) is 9.80 Å². The first kappa shape index (κ1) is 28.1. The molecule has 1 fully saturated rings. The largest absolute Gasteiger partial charge is 0.376 e. The van der Waals surface area contributed by atoms with Gasteiger partial charge in [-0.15, -0.1) is 0 Å². The van der Waals surface area contributed by atoms with E-state index in [4.69, 9.17) is 9.72 Å². The molecule has 2 atom stereocenters. The highest BCUT2D eigenvalue weighted by Crippen LogP contribution is 2.24. The van der Waals surface area contributed by atoms with Crippen molar-refractivity contribution >= 4 is 17.7 Å². The SMILES string of the molecule is Cc1nc2n(n1)CCN(C(=O)c1n[nH]c3c1COCC3)CCCC(=O)N1CCCC[C@H]1C(=O)N[C@@H]2Cc1ccccc1. The molecular formula is C30H38N8O4. The average Bonchev–Trinajstić information content (AvgIpc) is 3.61. The molecule has 222 valence electrons. The summed E-state index contributed by atoms with van der Waals surface area (Å²) < 4.78 is 7.42. The smallest absolute Gasteiger partial charge is 0.274 e. The van der Waals surface area contributed by atoms with E-state index >= 15 is 0 Å². The lowest BCUT2D eigenvalue weighted by Crippen LogP contribution is -2.53. The molecule has 0 spiro atoms. The fourth-order valence-electron chi connectivity index (χ4n) is 6.26. The number of ether oxygens (including phenoxy) is 1. The van der Waals surface area contributed by atoms with Crippen molar-refractivity contribution in [2.75, 3.05) is 26.2 Å². The monoisotopic (exact) mass is 574 g/mol. The van der Waals surface area contributed by atoms with Gasteiger partial charge in [0.2, 0.25) is 11.8 Å². The molecule has 3 aliphatic heterocycles. The highest BCUT2D eigenvalue weighted by molar-refractivity contribution is 5.94. The maximum Gasteiger partial charge on any atom is 0.274 e. The normalized spacial score (nSPS) is 22.0. The Morgan fingerprint density at radius 3 is 2.76 bits per heavy atom. The molecule has 3 aliphatic rings. The number of nitrogens with zero attached hydrogens (tertiary/aromatic N) is 6. The van der Waals surface area contributed by atoms with Gasteiger partial charge in [-0.25, -0.2) is 9.67 Å². The first-order valence-corrected chi connectivity index (χ1v) is 15.0. The van der Waals surface area contributed by atoms with Crippen molar-refractivity contribution in [1.29, 1.82) is 0 Å². The number of carbonyl (C=O) groups excluding carboxylic acids is 3. The highest BCUT2D eigenvalue weighted by Gasteiger charge is 2.35. The van der Waals surface area contributed by atoms with Crippen molar-refractivity contribution in [3.05, 3.63) is 64.5 Å². The molecule has 3 aromatic rings. The molecule has 42 heavy (non-hydrogen) atoms. The Hall–Kier alpha value is -4.06. The van der Waals surface area contributed by atoms with Gasteiger partial charge in [0.15, 0.2) is 5.69 Å². The van der Waals surface area contributed by atoms with E-state index in [1.807, 2.05) is 41.9 Å². The predicted molar refractivity (Wildman–Crippen MR) is 152 cm³/mol. The molecule has 0 unspecified atom stereocenters. The van der Waals surface area contributed by atoms with Gasteiger partial charge in [-0.05, 0) is 44.6 Å². The van der Waals surface area contributed by atoms with Gasteiger partial charge in [0.1, 0.15) is 17.7 Å². The first-order chi connectivity index (χ1) is 20.5. The molecule has 0 aliphatic carbocycles. The van der Waals surface area contributed by atoms with E-state index in [0.29, 0.717) is 82.4 Å². The summed E-state index contributed by atoms with van der Waals surface area (Å²) in [6.45, 7) is 4.45. The van der Waals surface area contributed by atoms with Gasteiger partial charge in [-0.1, -0.05) is 30.3 Å². The van der Waals surface area contributed by atoms with E-state index in [0.717, 1.165) is 29.7 Å². The quantitative estimate of drug-likeness (QED) is 0.489. The number of benzene rings is 1. The Labute approximate surface area is 244 Å². The van der Waals surface area contributed by atoms with Crippen LogP contribution in [0.5, 0.6) is 0 Å². The molecule has 0 saturated carbocycles. The van der Waals surface area contributed by atoms with Crippen LogP contribution in [0.3, 0.4) is 0 Å². The second-order valence-corrected chi connectivity index (χ2v) is 11.3. The minimum Gasteiger partial charge on any atom is -0.376 e. The topological polar surface area (TPSA) is 138 Å². The Morgan fingerprint density at radius 2 is 1.90 bits per heavy atom. The highest BCUT2D eigenvalue weighted by atomic mass is 16.5. The molecule has 0 radical (unpaired) electrons. The molecule has 12 nitrogen and oxygen atoms in total. The summed E-state index contributed by atoms with van der Waals surface area (Å²) in [5.41, 5.74) is 3.17. The third-order valence-electron chi connectivity index (χ3n) is 8.43. The Kier molecular flexibility index (Phi) is 8.31. The van der Waals surface area contributed by atoms with Crippen molar-refractivity contribution in [1.82, 2.24) is 40.1 Å². The van der Waals surface area contributed by atoms with E-state index < -0.39 is 12.1 Å². The van der Waals surface area contributed by atoms with Crippen molar-refractivity contribution in [2.45, 2.75) is 77.1 Å². The number of fused-ring (bicyclic) bond motifs is 3. The van der Waals surface area contributed by atoms with Crippen molar-refractivity contribution in [3.8, 4) is 0 Å². The van der Waals surface area contributed by atoms with Gasteiger partial charge in [0, 0.05) is 43.7 Å². The van der Waals surface area contributed by atoms with Crippen LogP contribution in [-0.2, 0) is 40.3 Å². The van der Waals surface area contributed by atoms with Gasteiger partial charge in [0.25, 0.3) is 5.91 Å². The molecule has 2 N–H and O–H groups in total. The number of piperidine rings is 1. The summed E-state index contributed by atoms with van der Waals surface area (Å²) in [7, 11) is 0. The minimum absolute atomic E-state index is 0.0523. The number of aromatic amines is 1. The lowest BCUT2D eigenvalue weighted by atomic mass is 9.99. The molecule has 2 aromatic heterocycles. The fraction of sp³-hybridized carbons (Fsp3) is 0.533. The van der Waals surface area contributed by atoms with E-state index in [1.165, 1.54) is 0 Å². The fourth-order valence-corrected chi connectivity index (χ4v) is 6.26. The second-order valence-electron chi connectivity index (χ2n) is 11.3. The Bertz CT molecular complexity index is 1430. The number of hydrogen-bond donors (Lipinski definition) is 2. The summed E-state index contributed by atoms with van der Waals surface area (Å²) in [6, 6.07) is 8.97. The van der Waals surface area contributed by atoms with Gasteiger partial charge in [0.05, 0.1) is 25.8 Å². The number of hydrogen-bond acceptors (Lipinski definition) is 7. The zero-order chi connectivity index (χ0) is 29.1. The molecule has 1 saturated heterocycles. The summed E-state index contributed by atoms with van der Waals surface area (Å²) >= 11 is 0. The summed E-state index contributed by atoms with van der Waals surface area (Å²) in [4.78, 5) is 49.2. The molecule has 12 heteroatoms. The Morgan fingerprint density at radius 1 is 1.05 bits per heavy atom. The lowest BCUT2D eigenvalue weighted by molar-refractivity contribution is -0.142. The summed E-state index contributed by atoms with van der Waals surface area (Å²) in [6.07, 6.45) is 4.34. The first-order valence-electron chi connectivity index (χ1n) is 15.0. The Balaban J connectivity index is 1.34. The number of aryl methyl sites for hydroxylation is 1. The van der Waals surface area contributed by atoms with Gasteiger partial charge in [-0.2, -0.15) is 10.2 Å². The average molecular weight is 575 g/mol. The second kappa shape index (κ2) is 12.4. The van der Waals surface area contributed by atoms with Crippen LogP contribution in [0.1, 0.15) is 77.1 Å². The molecule has 6 rings (SSSR count). The zero-order valence-electron chi connectivity index (χ0n) is 24.1. The standard InChI is InChI=1S/C30H38N8O4/c1-20-31-28-24(18-21-8-3-2-4-9-21)32-29(40)25-10-5-6-14-37(25)26(39)11-7-13-36(15-16-38(28)35-20)30(41)27-22-19-42-17-12-23(22)33-34-27/h2-4,8-9,24-25H,5-7,10-19H2,1H3,(H,32,40)(H,33,34)/t24-,25+/m1/s1. The predicted octanol–water partition coefficient (Wildman–Crippen LogP) is 2.10. The van der Waals surface area contributed by atoms with Crippen molar-refractivity contribution in [3.63, 3.8) is 0 Å². The van der Waals surface area contributed by atoms with Crippen LogP contribution in [0, 0.1) is 6.92 Å². The summed E-state index contributed by atoms with van der Waals surface area (Å²) in [5, 5.41) is 15.3. The lowest BCUT2D eigenvalue weighted by Gasteiger charge is -2.36. The van der Waals surface area contributed by atoms with Crippen LogP contribution >= 0.6 is 0 Å². The number of aromatic nitrogens is 5. The zero-order valence-corrected chi connectivity index (χ0v) is 24.1. The van der Waals surface area contributed by atoms with Gasteiger partial charge < -0.3 is 19.9 Å². The van der Waals surface area contributed by atoms with Crippen LogP contribution in [-0.4, -0.2) is 84.8 Å². The van der Waals surface area contributed by atoms with Gasteiger partial charge in [-0.3, -0.25) is 19.5 Å². The maximum atomic E-state index is 13.8. The third kappa shape index (κ3) is 5.94. The molecule has 1 aromatic carbocycles. The minimum atomic E-state index is -0.529. The van der Waals surface area contributed by atoms with Crippen molar-refractivity contribution < 1.29 is 19.1 Å². The van der Waals surface area contributed by atoms with Crippen LogP contribution in [0.4, 0.5) is 0 Å². The number of amides is 3. The van der Waals surface area contributed by atoms with Gasteiger partial charge >= 0.3 is 0 Å². The summed E-state index contributed by atoms with van der Waals surface area (Å²) in [5.74, 6) is 0.820. The third-order valence-corrected chi connectivity index (χ3v) is 8.43.